The summed E-state index contributed by atoms with van der Waals surface area (Å²) >= 11 is 0. The zero-order valence-electron chi connectivity index (χ0n) is 11.6. The summed E-state index contributed by atoms with van der Waals surface area (Å²) in [6.45, 7) is 6.39. The second-order valence-corrected chi connectivity index (χ2v) is 5.28. The van der Waals surface area contributed by atoms with Gasteiger partial charge in [0.25, 0.3) is 0 Å². The molecule has 0 aliphatic carbocycles. The lowest BCUT2D eigenvalue weighted by molar-refractivity contribution is 0.112. The topological polar surface area (TPSA) is 29.5 Å². The molecule has 1 aliphatic rings. The molecule has 0 N–H and O–H groups in total. The van der Waals surface area contributed by atoms with E-state index in [2.05, 4.69) is 31.7 Å². The molecule has 0 aromatic heterocycles. The maximum absolute atomic E-state index is 11.0. The van der Waals surface area contributed by atoms with Crippen LogP contribution in [0.3, 0.4) is 0 Å². The number of ether oxygens (including phenoxy) is 1. The quantitative estimate of drug-likeness (QED) is 0.750. The predicted octanol–water partition coefficient (Wildman–Crippen LogP) is 3.14. The van der Waals surface area contributed by atoms with Crippen LogP contribution >= 0.6 is 0 Å². The van der Waals surface area contributed by atoms with Gasteiger partial charge in [0.2, 0.25) is 0 Å². The van der Waals surface area contributed by atoms with Crippen LogP contribution in [0.4, 0.5) is 5.69 Å². The van der Waals surface area contributed by atoms with Crippen LogP contribution in [-0.4, -0.2) is 26.0 Å². The fourth-order valence-electron chi connectivity index (χ4n) is 2.49. The van der Waals surface area contributed by atoms with Gasteiger partial charge >= 0.3 is 0 Å². The molecule has 0 radical (unpaired) electrons. The van der Waals surface area contributed by atoms with Crippen molar-refractivity contribution in [3.05, 3.63) is 29.3 Å². The number of allylic oxidation sites excluding steroid dienone is 1. The average Bonchev–Trinajstić information content (AvgIpc) is 2.34. The Morgan fingerprint density at radius 3 is 2.56 bits per heavy atom. The molecule has 3 heteroatoms. The number of nitrogens with zero attached hydrogens (tertiary/aromatic N) is 1. The summed E-state index contributed by atoms with van der Waals surface area (Å²) in [5.41, 5.74) is 3.88. The minimum Gasteiger partial charge on any atom is -0.495 e. The van der Waals surface area contributed by atoms with Crippen molar-refractivity contribution in [1.29, 1.82) is 0 Å². The van der Waals surface area contributed by atoms with Gasteiger partial charge in [-0.05, 0) is 38.5 Å². The third-order valence-electron chi connectivity index (χ3n) is 3.65. The minimum absolute atomic E-state index is 0.0624. The number of rotatable bonds is 2. The maximum atomic E-state index is 11.0. The Bertz CT molecular complexity index is 530. The summed E-state index contributed by atoms with van der Waals surface area (Å²) in [4.78, 5) is 13.2. The smallest absolute Gasteiger partial charge is 0.150 e. The second kappa shape index (κ2) is 4.16. The largest absolute Gasteiger partial charge is 0.495 e. The van der Waals surface area contributed by atoms with Crippen molar-refractivity contribution in [2.45, 2.75) is 26.3 Å². The first-order valence-corrected chi connectivity index (χ1v) is 6.01. The molecule has 0 unspecified atom stereocenters. The molecular formula is C15H19NO2. The zero-order chi connectivity index (χ0) is 13.5. The van der Waals surface area contributed by atoms with Gasteiger partial charge in [-0.15, -0.1) is 0 Å². The highest BCUT2D eigenvalue weighted by Crippen LogP contribution is 2.43. The number of aldehydes is 1. The molecule has 96 valence electrons. The molecule has 1 aromatic carbocycles. The zero-order valence-corrected chi connectivity index (χ0v) is 11.6. The van der Waals surface area contributed by atoms with Crippen molar-refractivity contribution < 1.29 is 9.53 Å². The first-order chi connectivity index (χ1) is 8.40. The predicted molar refractivity (Wildman–Crippen MR) is 74.5 cm³/mol. The second-order valence-electron chi connectivity index (χ2n) is 5.28. The highest BCUT2D eigenvalue weighted by molar-refractivity contribution is 5.89. The van der Waals surface area contributed by atoms with Gasteiger partial charge in [-0.2, -0.15) is 0 Å². The lowest BCUT2D eigenvalue weighted by atomic mass is 9.88. The first kappa shape index (κ1) is 12.7. The molecular weight excluding hydrogens is 226 g/mol. The monoisotopic (exact) mass is 245 g/mol. The molecule has 1 aromatic rings. The van der Waals surface area contributed by atoms with Crippen molar-refractivity contribution in [1.82, 2.24) is 0 Å². The Kier molecular flexibility index (Phi) is 2.93. The molecule has 0 atom stereocenters. The van der Waals surface area contributed by atoms with Crippen molar-refractivity contribution in [2.24, 2.45) is 0 Å². The van der Waals surface area contributed by atoms with E-state index in [0.29, 0.717) is 5.56 Å². The lowest BCUT2D eigenvalue weighted by Crippen LogP contribution is -2.42. The first-order valence-electron chi connectivity index (χ1n) is 6.01. The Morgan fingerprint density at radius 1 is 1.33 bits per heavy atom. The van der Waals surface area contributed by atoms with Gasteiger partial charge in [0.15, 0.2) is 0 Å². The number of carbonyl (C=O) groups excluding carboxylic acids is 1. The molecule has 0 fully saturated rings. The van der Waals surface area contributed by atoms with Crippen LogP contribution in [0, 0.1) is 0 Å². The number of hydrogen-bond donors (Lipinski definition) is 0. The highest BCUT2D eigenvalue weighted by Gasteiger charge is 2.31. The van der Waals surface area contributed by atoms with Crippen LogP contribution in [0.1, 0.15) is 36.7 Å². The SMILES string of the molecule is COc1cc(C=O)cc2c1N(C)C(C)(C)C=C2C. The van der Waals surface area contributed by atoms with Gasteiger partial charge in [0.1, 0.15) is 12.0 Å². The van der Waals surface area contributed by atoms with Crippen LogP contribution in [0.2, 0.25) is 0 Å². The summed E-state index contributed by atoms with van der Waals surface area (Å²) in [7, 11) is 3.68. The van der Waals surface area contributed by atoms with Crippen molar-refractivity contribution >= 4 is 17.5 Å². The number of fused-ring (bicyclic) bond motifs is 1. The third-order valence-corrected chi connectivity index (χ3v) is 3.65. The Labute approximate surface area is 108 Å². The van der Waals surface area contributed by atoms with E-state index in [4.69, 9.17) is 4.74 Å². The maximum Gasteiger partial charge on any atom is 0.150 e. The summed E-state index contributed by atoms with van der Waals surface area (Å²) < 4.78 is 5.44. The van der Waals surface area contributed by atoms with E-state index in [-0.39, 0.29) is 5.54 Å². The number of anilines is 1. The fourth-order valence-corrected chi connectivity index (χ4v) is 2.49. The van der Waals surface area contributed by atoms with E-state index < -0.39 is 0 Å². The lowest BCUT2D eigenvalue weighted by Gasteiger charge is -2.41. The summed E-state index contributed by atoms with van der Waals surface area (Å²) in [6.07, 6.45) is 3.07. The normalized spacial score (nSPS) is 16.9. The molecule has 0 saturated carbocycles. The van der Waals surface area contributed by atoms with Crippen LogP contribution < -0.4 is 9.64 Å². The number of likely N-dealkylation sites (N-methyl/N-ethyl adjacent to an activating group) is 1. The van der Waals surface area contributed by atoms with Crippen molar-refractivity contribution in [3.8, 4) is 5.75 Å². The molecule has 0 spiro atoms. The van der Waals surface area contributed by atoms with Crippen LogP contribution in [-0.2, 0) is 0 Å². The van der Waals surface area contributed by atoms with E-state index in [9.17, 15) is 4.79 Å². The minimum atomic E-state index is -0.0624. The van der Waals surface area contributed by atoms with E-state index in [1.807, 2.05) is 13.1 Å². The molecule has 0 saturated heterocycles. The number of hydrogen-bond acceptors (Lipinski definition) is 3. The Hall–Kier alpha value is -1.77. The van der Waals surface area contributed by atoms with Gasteiger partial charge in [-0.3, -0.25) is 4.79 Å². The standard InChI is InChI=1S/C15H19NO2/c1-10-8-15(2,3)16(4)14-12(10)6-11(9-17)7-13(14)18-5/h6-9H,1-5H3. The van der Waals surface area contributed by atoms with Crippen molar-refractivity contribution in [2.75, 3.05) is 19.1 Å². The third kappa shape index (κ3) is 1.80. The van der Waals surface area contributed by atoms with Gasteiger partial charge in [0, 0.05) is 18.2 Å². The summed E-state index contributed by atoms with van der Waals surface area (Å²) in [5.74, 6) is 0.748. The van der Waals surface area contributed by atoms with Gasteiger partial charge in [0.05, 0.1) is 18.3 Å². The highest BCUT2D eigenvalue weighted by atomic mass is 16.5. The van der Waals surface area contributed by atoms with Gasteiger partial charge < -0.3 is 9.64 Å². The molecule has 2 rings (SSSR count). The number of benzene rings is 1. The number of carbonyl (C=O) groups is 1. The van der Waals surface area contributed by atoms with Crippen molar-refractivity contribution in [3.63, 3.8) is 0 Å². The Balaban J connectivity index is 2.75. The molecule has 0 bridgehead atoms. The van der Waals surface area contributed by atoms with Gasteiger partial charge in [-0.25, -0.2) is 0 Å². The molecule has 1 heterocycles. The Morgan fingerprint density at radius 2 is 2.00 bits per heavy atom. The van der Waals surface area contributed by atoms with E-state index in [1.165, 1.54) is 5.57 Å². The summed E-state index contributed by atoms with van der Waals surface area (Å²) in [5, 5.41) is 0. The van der Waals surface area contributed by atoms with E-state index in [1.54, 1.807) is 13.2 Å². The van der Waals surface area contributed by atoms with Crippen LogP contribution in [0.15, 0.2) is 18.2 Å². The van der Waals surface area contributed by atoms with Gasteiger partial charge in [-0.1, -0.05) is 6.08 Å². The van der Waals surface area contributed by atoms with Crippen LogP contribution in [0.25, 0.3) is 5.57 Å². The van der Waals surface area contributed by atoms with E-state index >= 15 is 0 Å². The molecule has 1 aliphatic heterocycles. The molecule has 0 amide bonds. The van der Waals surface area contributed by atoms with E-state index in [0.717, 1.165) is 23.3 Å². The van der Waals surface area contributed by atoms with Crippen LogP contribution in [0.5, 0.6) is 5.75 Å². The molecule has 18 heavy (non-hydrogen) atoms. The summed E-state index contributed by atoms with van der Waals surface area (Å²) in [6, 6.07) is 3.71. The number of methoxy groups -OCH3 is 1. The molecule has 3 nitrogen and oxygen atoms in total. The average molecular weight is 245 g/mol. The fraction of sp³-hybridized carbons (Fsp3) is 0.400.